The first kappa shape index (κ1) is 22.1. The Balaban J connectivity index is 1.62. The summed E-state index contributed by atoms with van der Waals surface area (Å²) in [6, 6.07) is 11.9. The van der Waals surface area contributed by atoms with Crippen LogP contribution >= 0.6 is 0 Å². The summed E-state index contributed by atoms with van der Waals surface area (Å²) < 4.78 is 28.7. The van der Waals surface area contributed by atoms with Crippen LogP contribution in [0.3, 0.4) is 0 Å². The maximum atomic E-state index is 12.9. The standard InChI is InChI=1S/C23H25FO5/c1-17(2)22(25)28-16-6-4-3-5-15-27-20-11-7-18(8-12-20)23(26)29-21-13-9-19(24)10-14-21/h7-14H,1,3-6,15-16H2,2H3. The number of carbonyl (C=O) groups excluding carboxylic acids is 2. The second-order valence-corrected chi connectivity index (χ2v) is 6.55. The zero-order valence-electron chi connectivity index (χ0n) is 16.5. The molecule has 0 heterocycles. The van der Waals surface area contributed by atoms with Gasteiger partial charge in [-0.2, -0.15) is 0 Å². The fraction of sp³-hybridized carbons (Fsp3) is 0.304. The fourth-order valence-electron chi connectivity index (χ4n) is 2.39. The molecule has 2 rings (SSSR count). The molecule has 2 aromatic rings. The van der Waals surface area contributed by atoms with E-state index in [2.05, 4.69) is 6.58 Å². The molecule has 0 amide bonds. The van der Waals surface area contributed by atoms with Crippen molar-refractivity contribution >= 4 is 11.9 Å². The highest BCUT2D eigenvalue weighted by atomic mass is 19.1. The minimum atomic E-state index is -0.518. The second-order valence-electron chi connectivity index (χ2n) is 6.55. The molecular weight excluding hydrogens is 375 g/mol. The predicted molar refractivity (Wildman–Crippen MR) is 108 cm³/mol. The Hall–Kier alpha value is -3.15. The molecule has 0 radical (unpaired) electrons. The Labute approximate surface area is 170 Å². The van der Waals surface area contributed by atoms with E-state index in [-0.39, 0.29) is 11.7 Å². The van der Waals surface area contributed by atoms with Crippen molar-refractivity contribution in [3.8, 4) is 11.5 Å². The van der Waals surface area contributed by atoms with Crippen LogP contribution in [0, 0.1) is 5.82 Å². The molecule has 2 aromatic carbocycles. The van der Waals surface area contributed by atoms with Gasteiger partial charge in [-0.3, -0.25) is 0 Å². The summed E-state index contributed by atoms with van der Waals surface area (Å²) in [6.45, 7) is 6.12. The number of unbranched alkanes of at least 4 members (excludes halogenated alkanes) is 3. The topological polar surface area (TPSA) is 61.8 Å². The first-order valence-electron chi connectivity index (χ1n) is 9.49. The van der Waals surface area contributed by atoms with E-state index in [0.717, 1.165) is 25.7 Å². The van der Waals surface area contributed by atoms with Gasteiger partial charge in [0, 0.05) is 5.57 Å². The van der Waals surface area contributed by atoms with Gasteiger partial charge in [0.05, 0.1) is 18.8 Å². The SMILES string of the molecule is C=C(C)C(=O)OCCCCCCOc1ccc(C(=O)Oc2ccc(F)cc2)cc1. The van der Waals surface area contributed by atoms with E-state index in [4.69, 9.17) is 14.2 Å². The highest BCUT2D eigenvalue weighted by Gasteiger charge is 2.09. The van der Waals surface area contributed by atoms with Gasteiger partial charge in [-0.15, -0.1) is 0 Å². The lowest BCUT2D eigenvalue weighted by Crippen LogP contribution is -2.08. The van der Waals surface area contributed by atoms with Gasteiger partial charge in [0.1, 0.15) is 17.3 Å². The summed E-state index contributed by atoms with van der Waals surface area (Å²) >= 11 is 0. The van der Waals surface area contributed by atoms with E-state index in [1.54, 1.807) is 31.2 Å². The molecule has 0 saturated heterocycles. The first-order valence-corrected chi connectivity index (χ1v) is 9.49. The minimum absolute atomic E-state index is 0.283. The lowest BCUT2D eigenvalue weighted by molar-refractivity contribution is -0.139. The average molecular weight is 400 g/mol. The summed E-state index contributed by atoms with van der Waals surface area (Å²) in [6.07, 6.45) is 3.60. The van der Waals surface area contributed by atoms with Gasteiger partial charge in [0.25, 0.3) is 0 Å². The highest BCUT2D eigenvalue weighted by Crippen LogP contribution is 2.17. The zero-order chi connectivity index (χ0) is 21.1. The van der Waals surface area contributed by atoms with Crippen LogP contribution in [0.2, 0.25) is 0 Å². The van der Waals surface area contributed by atoms with Crippen molar-refractivity contribution in [2.45, 2.75) is 32.6 Å². The maximum Gasteiger partial charge on any atom is 0.343 e. The first-order chi connectivity index (χ1) is 14.0. The molecule has 0 aliphatic heterocycles. The zero-order valence-corrected chi connectivity index (χ0v) is 16.5. The van der Waals surface area contributed by atoms with Crippen LogP contribution < -0.4 is 9.47 Å². The van der Waals surface area contributed by atoms with Crippen LogP contribution in [0.25, 0.3) is 0 Å². The van der Waals surface area contributed by atoms with E-state index in [1.165, 1.54) is 24.3 Å². The van der Waals surface area contributed by atoms with Crippen LogP contribution in [0.5, 0.6) is 11.5 Å². The summed E-state index contributed by atoms with van der Waals surface area (Å²) in [4.78, 5) is 23.3. The molecule has 0 fully saturated rings. The van der Waals surface area contributed by atoms with Crippen LogP contribution in [-0.4, -0.2) is 25.2 Å². The van der Waals surface area contributed by atoms with Crippen molar-refractivity contribution in [2.75, 3.05) is 13.2 Å². The third-order valence-corrected chi connectivity index (χ3v) is 4.00. The number of benzene rings is 2. The van der Waals surface area contributed by atoms with Gasteiger partial charge in [-0.1, -0.05) is 6.58 Å². The van der Waals surface area contributed by atoms with Crippen LogP contribution in [-0.2, 0) is 9.53 Å². The third kappa shape index (κ3) is 8.17. The molecule has 0 saturated carbocycles. The number of hydrogen-bond donors (Lipinski definition) is 0. The molecule has 0 N–H and O–H groups in total. The van der Waals surface area contributed by atoms with Gasteiger partial charge in [-0.25, -0.2) is 14.0 Å². The van der Waals surface area contributed by atoms with E-state index in [9.17, 15) is 14.0 Å². The van der Waals surface area contributed by atoms with Crippen molar-refractivity contribution in [1.29, 1.82) is 0 Å². The number of rotatable bonds is 11. The summed E-state index contributed by atoms with van der Waals surface area (Å²) in [5, 5.41) is 0. The van der Waals surface area contributed by atoms with Gasteiger partial charge >= 0.3 is 11.9 Å². The van der Waals surface area contributed by atoms with Crippen molar-refractivity contribution < 1.29 is 28.2 Å². The van der Waals surface area contributed by atoms with Crippen LogP contribution in [0.1, 0.15) is 43.0 Å². The van der Waals surface area contributed by atoms with Crippen molar-refractivity contribution in [3.63, 3.8) is 0 Å². The Morgan fingerprint density at radius 3 is 2.07 bits per heavy atom. The summed E-state index contributed by atoms with van der Waals surface area (Å²) in [7, 11) is 0. The fourth-order valence-corrected chi connectivity index (χ4v) is 2.39. The lowest BCUT2D eigenvalue weighted by Gasteiger charge is -2.08. The average Bonchev–Trinajstić information content (AvgIpc) is 2.71. The second kappa shape index (κ2) is 11.6. The minimum Gasteiger partial charge on any atom is -0.494 e. The van der Waals surface area contributed by atoms with Gasteiger partial charge in [-0.05, 0) is 81.1 Å². The molecule has 0 bridgehead atoms. The van der Waals surface area contributed by atoms with Gasteiger partial charge in [0.2, 0.25) is 0 Å². The van der Waals surface area contributed by atoms with Gasteiger partial charge in [0.15, 0.2) is 0 Å². The van der Waals surface area contributed by atoms with Crippen LogP contribution in [0.4, 0.5) is 4.39 Å². The van der Waals surface area contributed by atoms with Gasteiger partial charge < -0.3 is 14.2 Å². The maximum absolute atomic E-state index is 12.9. The summed E-state index contributed by atoms with van der Waals surface area (Å²) in [5.74, 6) is -0.309. The van der Waals surface area contributed by atoms with Crippen molar-refractivity contribution in [3.05, 3.63) is 72.1 Å². The van der Waals surface area contributed by atoms with Crippen molar-refractivity contribution in [1.82, 2.24) is 0 Å². The highest BCUT2D eigenvalue weighted by molar-refractivity contribution is 5.91. The monoisotopic (exact) mass is 400 g/mol. The molecule has 0 aliphatic carbocycles. The van der Waals surface area contributed by atoms with Crippen molar-refractivity contribution in [2.24, 2.45) is 0 Å². The molecule has 0 atom stereocenters. The molecule has 0 spiro atoms. The van der Waals surface area contributed by atoms with E-state index in [1.807, 2.05) is 0 Å². The third-order valence-electron chi connectivity index (χ3n) is 4.00. The Morgan fingerprint density at radius 2 is 1.45 bits per heavy atom. The number of hydrogen-bond acceptors (Lipinski definition) is 5. The molecule has 6 heteroatoms. The molecule has 0 aliphatic rings. The molecule has 5 nitrogen and oxygen atoms in total. The molecule has 0 unspecified atom stereocenters. The van der Waals surface area contributed by atoms with E-state index in [0.29, 0.717) is 30.1 Å². The number of halogens is 1. The number of esters is 2. The summed E-state index contributed by atoms with van der Waals surface area (Å²) in [5.41, 5.74) is 0.791. The van der Waals surface area contributed by atoms with E-state index >= 15 is 0 Å². The molecular formula is C23H25FO5. The van der Waals surface area contributed by atoms with E-state index < -0.39 is 11.8 Å². The quantitative estimate of drug-likeness (QED) is 0.227. The van der Waals surface area contributed by atoms with Crippen LogP contribution in [0.15, 0.2) is 60.7 Å². The molecule has 29 heavy (non-hydrogen) atoms. The normalized spacial score (nSPS) is 10.3. The smallest absolute Gasteiger partial charge is 0.343 e. The number of carbonyl (C=O) groups is 2. The molecule has 154 valence electrons. The Bertz CT molecular complexity index is 812. The molecule has 0 aromatic heterocycles. The number of ether oxygens (including phenoxy) is 3. The predicted octanol–water partition coefficient (Wildman–Crippen LogP) is 5.10. The largest absolute Gasteiger partial charge is 0.494 e. The Kier molecular flexibility index (Phi) is 8.89. The Morgan fingerprint density at radius 1 is 0.862 bits per heavy atom. The lowest BCUT2D eigenvalue weighted by atomic mass is 10.2.